The van der Waals surface area contributed by atoms with Crippen LogP contribution in [-0.2, 0) is 9.59 Å². The van der Waals surface area contributed by atoms with Gasteiger partial charge in [0.25, 0.3) is 0 Å². The first-order valence-corrected chi connectivity index (χ1v) is 8.90. The van der Waals surface area contributed by atoms with E-state index in [2.05, 4.69) is 0 Å². The van der Waals surface area contributed by atoms with Gasteiger partial charge in [0, 0.05) is 31.0 Å². The number of carbonyl (C=O) groups excluding carboxylic acids is 2. The van der Waals surface area contributed by atoms with Gasteiger partial charge in [-0.1, -0.05) is 6.42 Å². The molecule has 0 aromatic heterocycles. The van der Waals surface area contributed by atoms with Crippen molar-refractivity contribution in [1.29, 1.82) is 0 Å². The monoisotopic (exact) mass is 343 g/mol. The van der Waals surface area contributed by atoms with Crippen molar-refractivity contribution in [2.45, 2.75) is 69.9 Å². The largest absolute Gasteiger partial charge is 0.370 e. The lowest BCUT2D eigenvalue weighted by Gasteiger charge is -2.46. The van der Waals surface area contributed by atoms with Crippen molar-refractivity contribution in [3.8, 4) is 0 Å². The summed E-state index contributed by atoms with van der Waals surface area (Å²) in [4.78, 5) is 26.3. The third-order valence-electron chi connectivity index (χ3n) is 6.11. The van der Waals surface area contributed by atoms with Crippen LogP contribution in [0.1, 0.15) is 57.8 Å². The van der Waals surface area contributed by atoms with E-state index in [-0.39, 0.29) is 36.2 Å². The van der Waals surface area contributed by atoms with E-state index in [0.29, 0.717) is 24.3 Å². The number of nitrogens with zero attached hydrogens (tertiary/aromatic N) is 1. The number of hydrogen-bond donors (Lipinski definition) is 2. The van der Waals surface area contributed by atoms with Crippen molar-refractivity contribution in [3.05, 3.63) is 0 Å². The lowest BCUT2D eigenvalue weighted by molar-refractivity contribution is -0.143. The molecule has 3 aliphatic rings. The van der Waals surface area contributed by atoms with Gasteiger partial charge in [0.15, 0.2) is 0 Å². The molecule has 0 aromatic rings. The van der Waals surface area contributed by atoms with Gasteiger partial charge >= 0.3 is 0 Å². The van der Waals surface area contributed by atoms with Gasteiger partial charge in [-0.15, -0.1) is 12.4 Å². The predicted molar refractivity (Wildman–Crippen MR) is 91.9 cm³/mol. The Morgan fingerprint density at radius 2 is 1.65 bits per heavy atom. The number of amides is 2. The molecular weight excluding hydrogens is 314 g/mol. The molecule has 3 fully saturated rings. The summed E-state index contributed by atoms with van der Waals surface area (Å²) in [6, 6.07) is 0.315. The average Bonchev–Trinajstić information content (AvgIpc) is 2.46. The van der Waals surface area contributed by atoms with Crippen LogP contribution in [0.25, 0.3) is 0 Å². The van der Waals surface area contributed by atoms with Crippen LogP contribution in [0.2, 0.25) is 0 Å². The molecule has 132 valence electrons. The quantitative estimate of drug-likeness (QED) is 0.819. The summed E-state index contributed by atoms with van der Waals surface area (Å²) in [7, 11) is 0. The van der Waals surface area contributed by atoms with Crippen LogP contribution >= 0.6 is 12.4 Å². The summed E-state index contributed by atoms with van der Waals surface area (Å²) in [6.45, 7) is 0.786. The Labute approximate surface area is 144 Å². The predicted octanol–water partition coefficient (Wildman–Crippen LogP) is 1.82. The minimum Gasteiger partial charge on any atom is -0.370 e. The maximum Gasteiger partial charge on any atom is 0.225 e. The summed E-state index contributed by atoms with van der Waals surface area (Å²) in [6.07, 6.45) is 8.84. The van der Waals surface area contributed by atoms with Crippen molar-refractivity contribution in [3.63, 3.8) is 0 Å². The first-order chi connectivity index (χ1) is 10.6. The number of primary amides is 1. The Bertz CT molecular complexity index is 432. The van der Waals surface area contributed by atoms with E-state index in [1.807, 2.05) is 4.90 Å². The maximum atomic E-state index is 13.0. The second-order valence-electron chi connectivity index (χ2n) is 7.55. The molecule has 0 spiro atoms. The van der Waals surface area contributed by atoms with Gasteiger partial charge in [0.05, 0.1) is 0 Å². The number of halogens is 1. The van der Waals surface area contributed by atoms with Crippen LogP contribution in [0.15, 0.2) is 0 Å². The maximum absolute atomic E-state index is 13.0. The molecule has 0 aromatic carbocycles. The van der Waals surface area contributed by atoms with Crippen molar-refractivity contribution in [2.24, 2.45) is 29.2 Å². The van der Waals surface area contributed by atoms with E-state index in [9.17, 15) is 9.59 Å². The molecule has 1 heterocycles. The summed E-state index contributed by atoms with van der Waals surface area (Å²) >= 11 is 0. The minimum atomic E-state index is -0.299. The Kier molecular flexibility index (Phi) is 6.32. The zero-order valence-corrected chi connectivity index (χ0v) is 14.6. The molecule has 3 rings (SSSR count). The van der Waals surface area contributed by atoms with E-state index >= 15 is 0 Å². The van der Waals surface area contributed by atoms with E-state index < -0.39 is 0 Å². The number of nitrogens with two attached hydrogens (primary N) is 2. The molecule has 1 aliphatic heterocycles. The fraction of sp³-hybridized carbons (Fsp3) is 0.882. The third-order valence-corrected chi connectivity index (χ3v) is 6.11. The normalized spacial score (nSPS) is 36.9. The Morgan fingerprint density at radius 3 is 2.26 bits per heavy atom. The number of fused-ring (bicyclic) bond motifs is 2. The second kappa shape index (κ2) is 7.84. The van der Waals surface area contributed by atoms with Gasteiger partial charge in [-0.05, 0) is 56.8 Å². The van der Waals surface area contributed by atoms with Crippen LogP contribution in [0.5, 0.6) is 0 Å². The smallest absolute Gasteiger partial charge is 0.225 e. The number of rotatable bonds is 3. The fourth-order valence-electron chi connectivity index (χ4n) is 4.96. The van der Waals surface area contributed by atoms with Crippen LogP contribution in [0.4, 0.5) is 0 Å². The molecule has 2 saturated carbocycles. The van der Waals surface area contributed by atoms with Crippen LogP contribution in [0, 0.1) is 17.8 Å². The van der Waals surface area contributed by atoms with Crippen LogP contribution in [-0.4, -0.2) is 35.3 Å². The second-order valence-corrected chi connectivity index (χ2v) is 7.55. The lowest BCUT2D eigenvalue weighted by Crippen LogP contribution is -2.52. The zero-order valence-electron chi connectivity index (χ0n) is 13.8. The van der Waals surface area contributed by atoms with E-state index in [4.69, 9.17) is 11.5 Å². The van der Waals surface area contributed by atoms with Crippen molar-refractivity contribution in [1.82, 2.24) is 4.90 Å². The molecule has 3 unspecified atom stereocenters. The lowest BCUT2D eigenvalue weighted by atomic mass is 9.64. The summed E-state index contributed by atoms with van der Waals surface area (Å²) in [5.74, 6) is 1.10. The van der Waals surface area contributed by atoms with Crippen LogP contribution in [0.3, 0.4) is 0 Å². The van der Waals surface area contributed by atoms with Gasteiger partial charge in [-0.2, -0.15) is 0 Å². The van der Waals surface area contributed by atoms with Crippen LogP contribution < -0.4 is 11.5 Å². The highest BCUT2D eigenvalue weighted by Gasteiger charge is 2.42. The van der Waals surface area contributed by atoms with Crippen molar-refractivity contribution in [2.75, 3.05) is 6.54 Å². The van der Waals surface area contributed by atoms with Gasteiger partial charge in [-0.25, -0.2) is 0 Å². The average molecular weight is 344 g/mol. The Hall–Kier alpha value is -0.810. The molecule has 2 bridgehead atoms. The summed E-state index contributed by atoms with van der Waals surface area (Å²) < 4.78 is 0. The van der Waals surface area contributed by atoms with E-state index in [0.717, 1.165) is 38.6 Å². The minimum absolute atomic E-state index is 0. The highest BCUT2D eigenvalue weighted by molar-refractivity contribution is 5.85. The Balaban J connectivity index is 0.00000192. The molecule has 6 heteroatoms. The Morgan fingerprint density at radius 1 is 1.00 bits per heavy atom. The molecule has 23 heavy (non-hydrogen) atoms. The first-order valence-electron chi connectivity index (χ1n) is 8.90. The zero-order chi connectivity index (χ0) is 15.7. The van der Waals surface area contributed by atoms with E-state index in [1.54, 1.807) is 0 Å². The molecule has 5 nitrogen and oxygen atoms in total. The number of piperidine rings is 1. The number of likely N-dealkylation sites (tertiary alicyclic amines) is 1. The number of carbonyl (C=O) groups is 2. The SMILES string of the molecule is Cl.NC(=O)CC1CCCCN1C(=O)C1CC2CCCC(C1)C2N. The molecule has 2 aliphatic carbocycles. The highest BCUT2D eigenvalue weighted by Crippen LogP contribution is 2.42. The molecule has 4 N–H and O–H groups in total. The summed E-state index contributed by atoms with van der Waals surface area (Å²) in [5.41, 5.74) is 11.7. The molecule has 3 atom stereocenters. The number of hydrogen-bond acceptors (Lipinski definition) is 3. The topological polar surface area (TPSA) is 89.4 Å². The highest BCUT2D eigenvalue weighted by atomic mass is 35.5. The van der Waals surface area contributed by atoms with Gasteiger partial charge in [0.2, 0.25) is 11.8 Å². The van der Waals surface area contributed by atoms with Crippen molar-refractivity contribution >= 4 is 24.2 Å². The standard InChI is InChI=1S/C17H29N3O2.ClH/c18-15(21)10-14-6-1-2-7-20(14)17(22)13-8-11-4-3-5-12(9-13)16(11)19;/h11-14,16H,1-10,19H2,(H2,18,21);1H. The van der Waals surface area contributed by atoms with Crippen molar-refractivity contribution < 1.29 is 9.59 Å². The molecular formula is C17H30ClN3O2. The van der Waals surface area contributed by atoms with Gasteiger partial charge in [0.1, 0.15) is 0 Å². The summed E-state index contributed by atoms with van der Waals surface area (Å²) in [5, 5.41) is 0. The fourth-order valence-corrected chi connectivity index (χ4v) is 4.96. The van der Waals surface area contributed by atoms with E-state index in [1.165, 1.54) is 19.3 Å². The third kappa shape index (κ3) is 4.00. The molecule has 2 amide bonds. The van der Waals surface area contributed by atoms with Gasteiger partial charge in [-0.3, -0.25) is 9.59 Å². The first kappa shape index (κ1) is 18.5. The molecule has 0 radical (unpaired) electrons. The molecule has 1 saturated heterocycles. The van der Waals surface area contributed by atoms with Gasteiger partial charge < -0.3 is 16.4 Å².